The number of ether oxygens (including phenoxy) is 1. The van der Waals surface area contributed by atoms with E-state index < -0.39 is 27.8 Å². The summed E-state index contributed by atoms with van der Waals surface area (Å²) in [6.45, 7) is 5.93. The summed E-state index contributed by atoms with van der Waals surface area (Å²) in [4.78, 5) is 21.7. The van der Waals surface area contributed by atoms with Gasteiger partial charge in [0.1, 0.15) is 0 Å². The van der Waals surface area contributed by atoms with Crippen LogP contribution in [0.3, 0.4) is 0 Å². The molecular weight excluding hydrogens is 330 g/mol. The molecule has 0 saturated heterocycles. The maximum absolute atomic E-state index is 11.2. The van der Waals surface area contributed by atoms with E-state index in [-0.39, 0.29) is 11.8 Å². The minimum absolute atomic E-state index is 0.106. The van der Waals surface area contributed by atoms with E-state index in [9.17, 15) is 9.59 Å². The molecule has 0 aliphatic carbocycles. The van der Waals surface area contributed by atoms with Gasteiger partial charge in [0.05, 0.1) is 0 Å². The first-order valence-electron chi connectivity index (χ1n) is 4.62. The fourth-order valence-corrected chi connectivity index (χ4v) is 1.86. The molecule has 0 aliphatic heterocycles. The Morgan fingerprint density at radius 1 is 1.40 bits per heavy atom. The molecule has 0 aliphatic rings. The van der Waals surface area contributed by atoms with Crippen LogP contribution in [-0.4, -0.2) is 17.8 Å². The Bertz CT molecular complexity index is 228. The van der Waals surface area contributed by atoms with Crippen LogP contribution in [0.4, 0.5) is 9.59 Å². The second-order valence-corrected chi connectivity index (χ2v) is 5.29. The molecule has 0 fully saturated rings. The van der Waals surface area contributed by atoms with Crippen LogP contribution in [0, 0.1) is 5.92 Å². The molecule has 0 rings (SSSR count). The molecule has 2 N–H and O–H groups in total. The van der Waals surface area contributed by atoms with Gasteiger partial charge in [-0.15, -0.1) is 0 Å². The predicted octanol–water partition coefficient (Wildman–Crippen LogP) is -1.35. The fourth-order valence-electron chi connectivity index (χ4n) is 0.748. The van der Waals surface area contributed by atoms with Crippen molar-refractivity contribution in [3.8, 4) is 0 Å². The summed E-state index contributed by atoms with van der Waals surface area (Å²) in [5.41, 5.74) is -0.224. The van der Waals surface area contributed by atoms with Gasteiger partial charge in [0.15, 0.2) is 0 Å². The molecule has 5 nitrogen and oxygen atoms in total. The van der Waals surface area contributed by atoms with Gasteiger partial charge in [-0.05, 0) is 0 Å². The van der Waals surface area contributed by atoms with Crippen molar-refractivity contribution in [3.05, 3.63) is 0 Å². The Labute approximate surface area is 103 Å². The zero-order valence-electron chi connectivity index (χ0n) is 9.04. The zero-order valence-corrected chi connectivity index (χ0v) is 12.4. The van der Waals surface area contributed by atoms with Crippen molar-refractivity contribution in [1.29, 1.82) is 0 Å². The Balaban J connectivity index is 3.69. The summed E-state index contributed by atoms with van der Waals surface area (Å²) >= 11 is -0.857. The van der Waals surface area contributed by atoms with Crippen molar-refractivity contribution < 1.29 is 36.1 Å². The SMILES string of the molecule is CC[C@@H](C)C(C)OC(=O)N[I-]NC(=O)P. The average Bonchev–Trinajstić information content (AvgIpc) is 2.15. The molecule has 0 aromatic heterocycles. The van der Waals surface area contributed by atoms with Gasteiger partial charge in [-0.3, -0.25) is 0 Å². The van der Waals surface area contributed by atoms with Crippen LogP contribution in [0.15, 0.2) is 0 Å². The van der Waals surface area contributed by atoms with Gasteiger partial charge in [0, 0.05) is 0 Å². The van der Waals surface area contributed by atoms with E-state index in [0.29, 0.717) is 5.92 Å². The van der Waals surface area contributed by atoms with E-state index in [1.807, 2.05) is 30.0 Å². The van der Waals surface area contributed by atoms with Crippen LogP contribution < -0.4 is 28.8 Å². The third-order valence-corrected chi connectivity index (χ3v) is 4.25. The topological polar surface area (TPSA) is 67.4 Å². The van der Waals surface area contributed by atoms with Crippen LogP contribution in [-0.2, 0) is 4.74 Å². The molecule has 0 bridgehead atoms. The summed E-state index contributed by atoms with van der Waals surface area (Å²) in [6.07, 6.45) is 0.395. The maximum atomic E-state index is 11.2. The van der Waals surface area contributed by atoms with Gasteiger partial charge in [0.25, 0.3) is 0 Å². The summed E-state index contributed by atoms with van der Waals surface area (Å²) in [7, 11) is 1.98. The minimum atomic E-state index is -0.857. The third-order valence-electron chi connectivity index (χ3n) is 2.00. The van der Waals surface area contributed by atoms with Crippen molar-refractivity contribution in [2.24, 2.45) is 5.92 Å². The summed E-state index contributed by atoms with van der Waals surface area (Å²) in [6, 6.07) is 0. The van der Waals surface area contributed by atoms with Gasteiger partial charge in [-0.2, -0.15) is 0 Å². The number of halogens is 1. The standard InChI is InChI=1S/C8H17IN2O3P/c1-4-5(2)6(3)14-7(12)10-9-11-8(13)15/h5-6H,4,15H2,1-3H3,(H,10,12)(H,11,13)/q-1/t5-,6?/m1/s1. The molecule has 0 radical (unpaired) electrons. The Morgan fingerprint density at radius 2 is 2.00 bits per heavy atom. The van der Waals surface area contributed by atoms with Crippen molar-refractivity contribution in [2.75, 3.05) is 0 Å². The van der Waals surface area contributed by atoms with Crippen LogP contribution in [0.5, 0.6) is 0 Å². The van der Waals surface area contributed by atoms with E-state index in [0.717, 1.165) is 6.42 Å². The van der Waals surface area contributed by atoms with Crippen LogP contribution in [0.2, 0.25) is 0 Å². The first-order valence-corrected chi connectivity index (χ1v) is 7.35. The number of carbonyl (C=O) groups excluding carboxylic acids is 2. The van der Waals surface area contributed by atoms with Crippen molar-refractivity contribution in [3.63, 3.8) is 0 Å². The molecule has 0 heterocycles. The van der Waals surface area contributed by atoms with E-state index in [1.54, 1.807) is 0 Å². The van der Waals surface area contributed by atoms with E-state index in [4.69, 9.17) is 4.74 Å². The molecule has 0 saturated carbocycles. The molecule has 7 heteroatoms. The molecular formula is C8H17IN2O3P-. The molecule has 0 spiro atoms. The average molecular weight is 347 g/mol. The Morgan fingerprint density at radius 3 is 2.47 bits per heavy atom. The molecule has 2 unspecified atom stereocenters. The number of amides is 2. The molecule has 0 aromatic carbocycles. The molecule has 90 valence electrons. The van der Waals surface area contributed by atoms with Crippen molar-refractivity contribution >= 4 is 21.0 Å². The van der Waals surface area contributed by atoms with Crippen LogP contribution in [0.1, 0.15) is 27.2 Å². The predicted molar refractivity (Wildman–Crippen MR) is 56.8 cm³/mol. The number of hydrogen-bond acceptors (Lipinski definition) is 3. The second kappa shape index (κ2) is 8.10. The Kier molecular flexibility index (Phi) is 8.04. The zero-order chi connectivity index (χ0) is 11.8. The number of carbonyl (C=O) groups is 2. The van der Waals surface area contributed by atoms with Crippen molar-refractivity contribution in [2.45, 2.75) is 33.3 Å². The third kappa shape index (κ3) is 7.79. The molecule has 3 atom stereocenters. The molecule has 15 heavy (non-hydrogen) atoms. The second-order valence-electron chi connectivity index (χ2n) is 3.14. The van der Waals surface area contributed by atoms with Crippen molar-refractivity contribution in [1.82, 2.24) is 7.06 Å². The number of hydrogen-bond donors (Lipinski definition) is 2. The van der Waals surface area contributed by atoms with E-state index >= 15 is 0 Å². The number of rotatable bonds is 5. The van der Waals surface area contributed by atoms with Gasteiger partial charge in [0.2, 0.25) is 0 Å². The first-order chi connectivity index (χ1) is 6.97. The fraction of sp³-hybridized carbons (Fsp3) is 0.750. The van der Waals surface area contributed by atoms with Gasteiger partial charge in [-0.25, -0.2) is 0 Å². The first kappa shape index (κ1) is 14.9. The van der Waals surface area contributed by atoms with Gasteiger partial charge in [-0.1, -0.05) is 0 Å². The van der Waals surface area contributed by atoms with Crippen LogP contribution in [0.25, 0.3) is 0 Å². The van der Waals surface area contributed by atoms with Gasteiger partial charge >= 0.3 is 103 Å². The Hall–Kier alpha value is -0.100. The molecule has 0 aromatic rings. The normalized spacial score (nSPS) is 14.1. The van der Waals surface area contributed by atoms with E-state index in [1.165, 1.54) is 0 Å². The van der Waals surface area contributed by atoms with E-state index in [2.05, 4.69) is 7.06 Å². The summed E-state index contributed by atoms with van der Waals surface area (Å²) in [5.74, 6) is 0.338. The number of nitrogens with one attached hydrogen (secondary N) is 2. The summed E-state index contributed by atoms with van der Waals surface area (Å²) < 4.78 is 10.1. The van der Waals surface area contributed by atoms with Gasteiger partial charge < -0.3 is 0 Å². The monoisotopic (exact) mass is 347 g/mol. The van der Waals surface area contributed by atoms with Crippen LogP contribution >= 0.6 is 9.24 Å². The molecule has 2 amide bonds. The summed E-state index contributed by atoms with van der Waals surface area (Å²) in [5, 5.41) is 0. The quantitative estimate of drug-likeness (QED) is 0.367.